The Labute approximate surface area is 151 Å². The Morgan fingerprint density at radius 2 is 0.923 bits per heavy atom. The number of hydrogen-bond acceptors (Lipinski definition) is 6. The van der Waals surface area contributed by atoms with Crippen LogP contribution in [0.5, 0.6) is 0 Å². The van der Waals surface area contributed by atoms with Gasteiger partial charge in [0.1, 0.15) is 11.4 Å². The monoisotopic (exact) mass is 340 g/mol. The van der Waals surface area contributed by atoms with Crippen LogP contribution in [0.3, 0.4) is 0 Å². The predicted molar refractivity (Wildman–Crippen MR) is 99.0 cm³/mol. The van der Waals surface area contributed by atoms with E-state index < -0.39 is 0 Å². The quantitative estimate of drug-likeness (QED) is 0.566. The van der Waals surface area contributed by atoms with E-state index in [0.717, 1.165) is 11.1 Å². The van der Waals surface area contributed by atoms with Gasteiger partial charge in [0, 0.05) is 11.1 Å². The highest BCUT2D eigenvalue weighted by atomic mass is 15.2. The van der Waals surface area contributed by atoms with Crippen LogP contribution in [0, 0.1) is 13.8 Å². The molecule has 4 aromatic rings. The third kappa shape index (κ3) is 3.30. The van der Waals surface area contributed by atoms with E-state index in [0.29, 0.717) is 23.0 Å². The number of hydrogen-bond donors (Lipinski definition) is 0. The highest BCUT2D eigenvalue weighted by Gasteiger charge is 2.10. The van der Waals surface area contributed by atoms with Gasteiger partial charge in [0.2, 0.25) is 0 Å². The molecular formula is C20H16N6. The van der Waals surface area contributed by atoms with E-state index in [2.05, 4.69) is 30.4 Å². The van der Waals surface area contributed by atoms with Crippen LogP contribution in [-0.4, -0.2) is 30.4 Å². The molecular weight excluding hydrogens is 324 g/mol. The smallest absolute Gasteiger partial charge is 0.182 e. The van der Waals surface area contributed by atoms with E-state index in [1.54, 1.807) is 12.4 Å². The lowest BCUT2D eigenvalue weighted by Gasteiger charge is -2.05. The summed E-state index contributed by atoms with van der Waals surface area (Å²) in [5, 5.41) is 16.4. The first-order valence-electron chi connectivity index (χ1n) is 8.23. The highest BCUT2D eigenvalue weighted by molar-refractivity contribution is 5.62. The van der Waals surface area contributed by atoms with E-state index in [-0.39, 0.29) is 0 Å². The molecule has 0 spiro atoms. The molecule has 4 rings (SSSR count). The molecule has 2 aromatic carbocycles. The molecule has 0 unspecified atom stereocenters. The van der Waals surface area contributed by atoms with E-state index in [9.17, 15) is 0 Å². The zero-order valence-corrected chi connectivity index (χ0v) is 14.5. The SMILES string of the molecule is Cc1ccc(-c2nncc(-c3cnnc(-c4ccc(C)cc4)n3)n2)cc1. The van der Waals surface area contributed by atoms with Gasteiger partial charge in [0.25, 0.3) is 0 Å². The summed E-state index contributed by atoms with van der Waals surface area (Å²) in [5.74, 6) is 1.11. The van der Waals surface area contributed by atoms with Gasteiger partial charge in [0.15, 0.2) is 11.6 Å². The number of rotatable bonds is 3. The first-order chi connectivity index (χ1) is 12.7. The summed E-state index contributed by atoms with van der Waals surface area (Å²) in [5.41, 5.74) is 5.40. The van der Waals surface area contributed by atoms with Gasteiger partial charge >= 0.3 is 0 Å². The van der Waals surface area contributed by atoms with Crippen LogP contribution in [0.4, 0.5) is 0 Å². The van der Waals surface area contributed by atoms with Crippen molar-refractivity contribution in [3.8, 4) is 34.2 Å². The van der Waals surface area contributed by atoms with Crippen molar-refractivity contribution >= 4 is 0 Å². The van der Waals surface area contributed by atoms with Crippen molar-refractivity contribution in [3.05, 3.63) is 72.1 Å². The van der Waals surface area contributed by atoms with Gasteiger partial charge in [0.05, 0.1) is 12.4 Å². The molecule has 0 saturated carbocycles. The lowest BCUT2D eigenvalue weighted by Crippen LogP contribution is -1.99. The van der Waals surface area contributed by atoms with Gasteiger partial charge in [-0.1, -0.05) is 59.7 Å². The molecule has 2 heterocycles. The molecule has 0 saturated heterocycles. The second-order valence-corrected chi connectivity index (χ2v) is 6.06. The third-order valence-corrected chi connectivity index (χ3v) is 4.00. The van der Waals surface area contributed by atoms with Crippen molar-refractivity contribution in [1.82, 2.24) is 30.4 Å². The normalized spacial score (nSPS) is 10.7. The topological polar surface area (TPSA) is 77.3 Å². The van der Waals surface area contributed by atoms with Crippen molar-refractivity contribution < 1.29 is 0 Å². The molecule has 0 atom stereocenters. The fourth-order valence-corrected chi connectivity index (χ4v) is 2.50. The van der Waals surface area contributed by atoms with Crippen molar-refractivity contribution in [3.63, 3.8) is 0 Å². The number of aromatic nitrogens is 6. The van der Waals surface area contributed by atoms with Gasteiger partial charge in [-0.25, -0.2) is 9.97 Å². The maximum Gasteiger partial charge on any atom is 0.182 e. The number of aryl methyl sites for hydroxylation is 2. The fraction of sp³-hybridized carbons (Fsp3) is 0.100. The third-order valence-electron chi connectivity index (χ3n) is 4.00. The molecule has 0 radical (unpaired) electrons. The minimum atomic E-state index is 0.554. The summed E-state index contributed by atoms with van der Waals surface area (Å²) in [4.78, 5) is 9.18. The lowest BCUT2D eigenvalue weighted by atomic mass is 10.1. The first-order valence-corrected chi connectivity index (χ1v) is 8.23. The summed E-state index contributed by atoms with van der Waals surface area (Å²) in [6.45, 7) is 4.08. The molecule has 6 heteroatoms. The summed E-state index contributed by atoms with van der Waals surface area (Å²) >= 11 is 0. The number of nitrogens with zero attached hydrogens (tertiary/aromatic N) is 6. The van der Waals surface area contributed by atoms with Crippen molar-refractivity contribution in [2.45, 2.75) is 13.8 Å². The molecule has 0 aliphatic rings. The Balaban J connectivity index is 1.72. The Morgan fingerprint density at radius 1 is 0.538 bits per heavy atom. The second kappa shape index (κ2) is 6.76. The van der Waals surface area contributed by atoms with Crippen LogP contribution in [0.15, 0.2) is 60.9 Å². The molecule has 126 valence electrons. The second-order valence-electron chi connectivity index (χ2n) is 6.06. The average Bonchev–Trinajstić information content (AvgIpc) is 2.69. The molecule has 0 N–H and O–H groups in total. The molecule has 6 nitrogen and oxygen atoms in total. The Kier molecular flexibility index (Phi) is 4.15. The lowest BCUT2D eigenvalue weighted by molar-refractivity contribution is 0.954. The van der Waals surface area contributed by atoms with Crippen LogP contribution in [0.2, 0.25) is 0 Å². The minimum absolute atomic E-state index is 0.554. The molecule has 0 aliphatic heterocycles. The Hall–Kier alpha value is -3.54. The van der Waals surface area contributed by atoms with Crippen LogP contribution in [0.1, 0.15) is 11.1 Å². The van der Waals surface area contributed by atoms with Crippen molar-refractivity contribution in [1.29, 1.82) is 0 Å². The molecule has 0 bridgehead atoms. The van der Waals surface area contributed by atoms with Crippen LogP contribution >= 0.6 is 0 Å². The van der Waals surface area contributed by atoms with Gasteiger partial charge in [-0.05, 0) is 13.8 Å². The average molecular weight is 340 g/mol. The maximum atomic E-state index is 4.59. The van der Waals surface area contributed by atoms with Crippen molar-refractivity contribution in [2.24, 2.45) is 0 Å². The highest BCUT2D eigenvalue weighted by Crippen LogP contribution is 2.21. The summed E-state index contributed by atoms with van der Waals surface area (Å²) < 4.78 is 0. The zero-order chi connectivity index (χ0) is 17.9. The molecule has 0 aliphatic carbocycles. The molecule has 2 aromatic heterocycles. The van der Waals surface area contributed by atoms with Gasteiger partial charge in [-0.3, -0.25) is 0 Å². The fourth-order valence-electron chi connectivity index (χ4n) is 2.50. The first kappa shape index (κ1) is 16.0. The van der Waals surface area contributed by atoms with E-state index in [1.165, 1.54) is 11.1 Å². The largest absolute Gasteiger partial charge is 0.223 e. The van der Waals surface area contributed by atoms with Gasteiger partial charge < -0.3 is 0 Å². The summed E-state index contributed by atoms with van der Waals surface area (Å²) in [6, 6.07) is 16.0. The van der Waals surface area contributed by atoms with E-state index in [4.69, 9.17) is 0 Å². The Morgan fingerprint density at radius 3 is 1.31 bits per heavy atom. The van der Waals surface area contributed by atoms with Crippen LogP contribution in [-0.2, 0) is 0 Å². The Bertz CT molecular complexity index is 955. The number of benzene rings is 2. The van der Waals surface area contributed by atoms with Gasteiger partial charge in [-0.2, -0.15) is 10.2 Å². The molecule has 0 amide bonds. The predicted octanol–water partition coefficient (Wildman–Crippen LogP) is 3.67. The summed E-state index contributed by atoms with van der Waals surface area (Å²) in [7, 11) is 0. The maximum absolute atomic E-state index is 4.59. The van der Waals surface area contributed by atoms with Crippen molar-refractivity contribution in [2.75, 3.05) is 0 Å². The summed E-state index contributed by atoms with van der Waals surface area (Å²) in [6.07, 6.45) is 3.17. The standard InChI is InChI=1S/C20H16N6/c1-13-3-7-15(8-4-13)19-23-17(11-21-25-19)18-12-22-26-20(24-18)16-9-5-14(2)6-10-16/h3-12H,1-2H3. The van der Waals surface area contributed by atoms with E-state index in [1.807, 2.05) is 62.4 Å². The zero-order valence-electron chi connectivity index (χ0n) is 14.5. The molecule has 26 heavy (non-hydrogen) atoms. The minimum Gasteiger partial charge on any atom is -0.223 e. The van der Waals surface area contributed by atoms with Crippen LogP contribution < -0.4 is 0 Å². The van der Waals surface area contributed by atoms with Crippen LogP contribution in [0.25, 0.3) is 34.2 Å². The van der Waals surface area contributed by atoms with E-state index >= 15 is 0 Å². The molecule has 0 fully saturated rings. The van der Waals surface area contributed by atoms with Gasteiger partial charge in [-0.15, -0.1) is 10.2 Å².